The minimum absolute atomic E-state index is 0.210. The highest BCUT2D eigenvalue weighted by Gasteiger charge is 2.41. The Balaban J connectivity index is 1.36. The number of hydrogen-bond donors (Lipinski definition) is 1. The number of methoxy groups -OCH3 is 1. The van der Waals surface area contributed by atoms with E-state index in [9.17, 15) is 9.90 Å². The molecule has 36 heavy (non-hydrogen) atoms. The molecule has 3 aromatic rings. The number of aromatic nitrogens is 4. The zero-order chi connectivity index (χ0) is 25.3. The number of anilines is 1. The molecule has 2 aromatic heterocycles. The number of halogens is 1. The average molecular weight is 532 g/mol. The molecule has 0 unspecified atom stereocenters. The molecule has 9 nitrogen and oxygen atoms in total. The van der Waals surface area contributed by atoms with Gasteiger partial charge >= 0.3 is 0 Å². The maximum atomic E-state index is 13.0. The van der Waals surface area contributed by atoms with Crippen LogP contribution in [0.15, 0.2) is 39.4 Å². The number of hydrogen-bond acceptors (Lipinski definition) is 9. The summed E-state index contributed by atoms with van der Waals surface area (Å²) in [5.74, 6) is 0.721. The fourth-order valence-electron chi connectivity index (χ4n) is 5.14. The Hall–Kier alpha value is -2.24. The zero-order valence-electron chi connectivity index (χ0n) is 20.4. The average Bonchev–Trinajstić information content (AvgIpc) is 3.25. The first-order chi connectivity index (χ1) is 17.4. The van der Waals surface area contributed by atoms with Crippen LogP contribution >= 0.6 is 23.4 Å². The van der Waals surface area contributed by atoms with E-state index in [1.807, 2.05) is 6.07 Å². The number of benzene rings is 1. The highest BCUT2D eigenvalue weighted by Crippen LogP contribution is 2.43. The Morgan fingerprint density at radius 2 is 2.11 bits per heavy atom. The Bertz CT molecular complexity index is 1310. The van der Waals surface area contributed by atoms with E-state index < -0.39 is 0 Å². The van der Waals surface area contributed by atoms with Crippen molar-refractivity contribution >= 4 is 40.1 Å². The second-order valence-corrected chi connectivity index (χ2v) is 11.0. The number of piperidine rings is 1. The number of aliphatic hydroxyl groups excluding tert-OH is 1. The number of ether oxygens (including phenoxy) is 2. The lowest BCUT2D eigenvalue weighted by atomic mass is 9.77. The molecule has 1 aromatic carbocycles. The quantitative estimate of drug-likeness (QED) is 0.490. The van der Waals surface area contributed by atoms with Crippen molar-refractivity contribution in [2.45, 2.75) is 55.4 Å². The van der Waals surface area contributed by atoms with Crippen molar-refractivity contribution in [1.29, 1.82) is 0 Å². The minimum atomic E-state index is -0.216. The molecule has 5 rings (SSSR count). The van der Waals surface area contributed by atoms with E-state index in [0.717, 1.165) is 44.8 Å². The van der Waals surface area contributed by atoms with Gasteiger partial charge in [0.05, 0.1) is 60.9 Å². The van der Waals surface area contributed by atoms with Crippen LogP contribution in [0.1, 0.15) is 31.9 Å². The van der Waals surface area contributed by atoms with Gasteiger partial charge in [0.15, 0.2) is 5.82 Å². The number of aliphatic hydroxyl groups is 1. The first kappa shape index (κ1) is 25.4. The van der Waals surface area contributed by atoms with Crippen molar-refractivity contribution in [3.63, 3.8) is 0 Å². The van der Waals surface area contributed by atoms with Crippen LogP contribution in [0, 0.1) is 5.41 Å². The number of rotatable bonds is 7. The summed E-state index contributed by atoms with van der Waals surface area (Å²) in [7, 11) is 1.58. The van der Waals surface area contributed by atoms with Crippen LogP contribution < -0.4 is 10.5 Å². The molecule has 2 saturated heterocycles. The summed E-state index contributed by atoms with van der Waals surface area (Å²) in [5, 5.41) is 11.3. The fourth-order valence-corrected chi connectivity index (χ4v) is 6.31. The van der Waals surface area contributed by atoms with Crippen molar-refractivity contribution in [2.24, 2.45) is 5.41 Å². The van der Waals surface area contributed by atoms with E-state index in [1.165, 1.54) is 22.7 Å². The smallest absolute Gasteiger partial charge is 0.262 e. The molecular weight excluding hydrogens is 502 g/mol. The maximum absolute atomic E-state index is 13.0. The molecule has 1 atom stereocenters. The first-order valence-corrected chi connectivity index (χ1v) is 13.3. The van der Waals surface area contributed by atoms with Crippen LogP contribution in [0.4, 0.5) is 5.82 Å². The van der Waals surface area contributed by atoms with E-state index >= 15 is 0 Å². The third-order valence-corrected chi connectivity index (χ3v) is 8.59. The van der Waals surface area contributed by atoms with Crippen molar-refractivity contribution in [3.8, 4) is 0 Å². The summed E-state index contributed by atoms with van der Waals surface area (Å²) in [6.45, 7) is 5.28. The summed E-state index contributed by atoms with van der Waals surface area (Å²) < 4.78 is 12.4. The molecule has 0 bridgehead atoms. The highest BCUT2D eigenvalue weighted by atomic mass is 35.5. The highest BCUT2D eigenvalue weighted by molar-refractivity contribution is 7.99. The van der Waals surface area contributed by atoms with Crippen LogP contribution in [0.5, 0.6) is 0 Å². The fraction of sp³-hybridized carbons (Fsp3) is 0.520. The molecule has 1 N–H and O–H groups in total. The summed E-state index contributed by atoms with van der Waals surface area (Å²) >= 11 is 7.99. The molecule has 4 heterocycles. The maximum Gasteiger partial charge on any atom is 0.262 e. The number of nitrogens with zero attached hydrogens (tertiary/aromatic N) is 5. The molecule has 0 radical (unpaired) electrons. The minimum Gasteiger partial charge on any atom is -0.390 e. The molecule has 192 valence electrons. The lowest BCUT2D eigenvalue weighted by Gasteiger charge is -2.39. The van der Waals surface area contributed by atoms with Crippen LogP contribution in [0.3, 0.4) is 0 Å². The van der Waals surface area contributed by atoms with Gasteiger partial charge in [0.2, 0.25) is 0 Å². The van der Waals surface area contributed by atoms with Crippen molar-refractivity contribution in [1.82, 2.24) is 19.5 Å². The van der Waals surface area contributed by atoms with Gasteiger partial charge in [-0.3, -0.25) is 9.36 Å². The van der Waals surface area contributed by atoms with Gasteiger partial charge in [0, 0.05) is 25.1 Å². The summed E-state index contributed by atoms with van der Waals surface area (Å²) in [6.07, 6.45) is 6.73. The molecule has 2 fully saturated rings. The van der Waals surface area contributed by atoms with E-state index in [0.29, 0.717) is 50.8 Å². The second kappa shape index (κ2) is 10.6. The molecule has 0 amide bonds. The lowest BCUT2D eigenvalue weighted by molar-refractivity contribution is 0.0975. The van der Waals surface area contributed by atoms with Crippen molar-refractivity contribution in [3.05, 3.63) is 45.7 Å². The largest absolute Gasteiger partial charge is 0.390 e. The van der Waals surface area contributed by atoms with Crippen LogP contribution in [0.2, 0.25) is 5.02 Å². The van der Waals surface area contributed by atoms with E-state index in [2.05, 4.69) is 26.8 Å². The normalized spacial score (nSPS) is 19.4. The summed E-state index contributed by atoms with van der Waals surface area (Å²) in [6, 6.07) is 3.60. The van der Waals surface area contributed by atoms with E-state index in [4.69, 9.17) is 21.1 Å². The van der Waals surface area contributed by atoms with Crippen LogP contribution in [-0.2, 0) is 22.6 Å². The third kappa shape index (κ3) is 4.97. The standard InChI is InChI=1S/C25H30ClN5O4S/c1-16-11-25(14-35-16)5-7-30(8-6-25)23-18(13-32)29-20(12-27-23)36-19-4-3-17-21(22(19)26)24(33)31(15-28-17)9-10-34-2/h3-4,12,15-16,32H,5-11,13-14H2,1-2H3/t16-/m0/s1. The molecule has 0 saturated carbocycles. The molecule has 1 spiro atoms. The predicted octanol–water partition coefficient (Wildman–Crippen LogP) is 3.53. The van der Waals surface area contributed by atoms with Gasteiger partial charge in [-0.2, -0.15) is 0 Å². The molecule has 2 aliphatic rings. The van der Waals surface area contributed by atoms with Gasteiger partial charge < -0.3 is 19.5 Å². The summed E-state index contributed by atoms with van der Waals surface area (Å²) in [5.41, 5.74) is 1.12. The van der Waals surface area contributed by atoms with Crippen LogP contribution in [-0.4, -0.2) is 64.1 Å². The van der Waals surface area contributed by atoms with Gasteiger partial charge in [-0.05, 0) is 43.7 Å². The van der Waals surface area contributed by atoms with Gasteiger partial charge in [0.25, 0.3) is 5.56 Å². The van der Waals surface area contributed by atoms with Crippen molar-refractivity contribution < 1.29 is 14.6 Å². The van der Waals surface area contributed by atoms with Gasteiger partial charge in [0.1, 0.15) is 10.7 Å². The Kier molecular flexibility index (Phi) is 7.50. The molecule has 11 heteroatoms. The second-order valence-electron chi connectivity index (χ2n) is 9.56. The van der Waals surface area contributed by atoms with Gasteiger partial charge in [-0.25, -0.2) is 15.0 Å². The first-order valence-electron chi connectivity index (χ1n) is 12.1. The van der Waals surface area contributed by atoms with Crippen LogP contribution in [0.25, 0.3) is 10.9 Å². The van der Waals surface area contributed by atoms with Crippen molar-refractivity contribution in [2.75, 3.05) is 38.3 Å². The van der Waals surface area contributed by atoms with E-state index in [-0.39, 0.29) is 17.6 Å². The monoisotopic (exact) mass is 531 g/mol. The molecular formula is C25H30ClN5O4S. The predicted molar refractivity (Wildman–Crippen MR) is 139 cm³/mol. The zero-order valence-corrected chi connectivity index (χ0v) is 22.0. The Labute approximate surface area is 218 Å². The third-order valence-electron chi connectivity index (χ3n) is 7.11. The molecule has 2 aliphatic heterocycles. The Morgan fingerprint density at radius 1 is 1.31 bits per heavy atom. The van der Waals surface area contributed by atoms with Gasteiger partial charge in [-0.15, -0.1) is 0 Å². The Morgan fingerprint density at radius 3 is 2.81 bits per heavy atom. The van der Waals surface area contributed by atoms with E-state index in [1.54, 1.807) is 19.4 Å². The summed E-state index contributed by atoms with van der Waals surface area (Å²) in [4.78, 5) is 29.6. The SMILES string of the molecule is COCCn1cnc2ccc(Sc3cnc(N4CCC5(CC4)CO[C@@H](C)C5)c(CO)n3)c(Cl)c2c1=O. The number of fused-ring (bicyclic) bond motifs is 1. The lowest BCUT2D eigenvalue weighted by Crippen LogP contribution is -2.41. The molecule has 0 aliphatic carbocycles. The topological polar surface area (TPSA) is 103 Å². The van der Waals surface area contributed by atoms with Gasteiger partial charge in [-0.1, -0.05) is 23.4 Å².